The molecule has 0 aromatic rings. The number of fused-ring (bicyclic) bond motifs is 6. The molecule has 5 aliphatic rings. The lowest BCUT2D eigenvalue weighted by molar-refractivity contribution is -0.161. The molecule has 28 heavy (non-hydrogen) atoms. The van der Waals surface area contributed by atoms with Crippen LogP contribution in [0.15, 0.2) is 23.3 Å². The van der Waals surface area contributed by atoms with Gasteiger partial charge in [-0.25, -0.2) is 0 Å². The number of ketones is 1. The van der Waals surface area contributed by atoms with Gasteiger partial charge in [-0.3, -0.25) is 9.59 Å². The maximum Gasteiger partial charge on any atom is 0.306 e. The molecule has 4 aliphatic carbocycles. The average Bonchev–Trinajstić information content (AvgIpc) is 3.18. The van der Waals surface area contributed by atoms with E-state index in [0.29, 0.717) is 30.6 Å². The van der Waals surface area contributed by atoms with E-state index in [2.05, 4.69) is 19.9 Å². The second-order valence-electron chi connectivity index (χ2n) is 10.3. The summed E-state index contributed by atoms with van der Waals surface area (Å²) >= 11 is 0. The second-order valence-corrected chi connectivity index (χ2v) is 10.3. The molecule has 0 aromatic heterocycles. The van der Waals surface area contributed by atoms with Crippen molar-refractivity contribution < 1.29 is 19.1 Å². The molecule has 1 aliphatic heterocycles. The number of carbonyl (C=O) groups is 2. The van der Waals surface area contributed by atoms with Crippen LogP contribution in [0, 0.1) is 28.6 Å². The summed E-state index contributed by atoms with van der Waals surface area (Å²) in [5.41, 5.74) is 2.63. The van der Waals surface area contributed by atoms with Crippen molar-refractivity contribution in [3.8, 4) is 0 Å². The number of hydrogen-bond donors (Lipinski definition) is 0. The monoisotopic (exact) mass is 384 g/mol. The summed E-state index contributed by atoms with van der Waals surface area (Å²) in [6.45, 7) is 5.46. The van der Waals surface area contributed by atoms with Crippen molar-refractivity contribution in [1.82, 2.24) is 0 Å². The van der Waals surface area contributed by atoms with Gasteiger partial charge in [-0.1, -0.05) is 31.1 Å². The molecular formula is C24H32O4. The van der Waals surface area contributed by atoms with E-state index in [4.69, 9.17) is 9.47 Å². The summed E-state index contributed by atoms with van der Waals surface area (Å²) in [5.74, 6) is 1.65. The summed E-state index contributed by atoms with van der Waals surface area (Å²) in [6, 6.07) is 0. The summed E-state index contributed by atoms with van der Waals surface area (Å²) in [4.78, 5) is 24.2. The van der Waals surface area contributed by atoms with Crippen molar-refractivity contribution in [1.29, 1.82) is 0 Å². The van der Waals surface area contributed by atoms with Crippen LogP contribution in [0.2, 0.25) is 0 Å². The Morgan fingerprint density at radius 3 is 2.71 bits per heavy atom. The van der Waals surface area contributed by atoms with Crippen LogP contribution in [0.25, 0.3) is 0 Å². The first-order chi connectivity index (χ1) is 13.3. The Morgan fingerprint density at radius 2 is 2.00 bits per heavy atom. The van der Waals surface area contributed by atoms with Gasteiger partial charge >= 0.3 is 5.97 Å². The SMILES string of the molecule is COC[C@@H]1CC2=CC(=O)CC[C@]2(C)C2=CC[C@@]3(C)C(CCC34CCC(=O)O4)C21. The predicted molar refractivity (Wildman–Crippen MR) is 105 cm³/mol. The smallest absolute Gasteiger partial charge is 0.306 e. The average molecular weight is 385 g/mol. The second kappa shape index (κ2) is 6.04. The van der Waals surface area contributed by atoms with E-state index < -0.39 is 0 Å². The zero-order valence-electron chi connectivity index (χ0n) is 17.4. The molecule has 4 heteroatoms. The van der Waals surface area contributed by atoms with E-state index in [-0.39, 0.29) is 28.2 Å². The van der Waals surface area contributed by atoms with Gasteiger partial charge in [0.25, 0.3) is 0 Å². The fourth-order valence-electron chi connectivity index (χ4n) is 7.66. The molecular weight excluding hydrogens is 352 g/mol. The minimum absolute atomic E-state index is 0.0153. The van der Waals surface area contributed by atoms with E-state index in [9.17, 15) is 9.59 Å². The van der Waals surface area contributed by atoms with Crippen molar-refractivity contribution >= 4 is 11.8 Å². The van der Waals surface area contributed by atoms with Gasteiger partial charge in [0, 0.05) is 37.4 Å². The molecule has 0 aromatic carbocycles. The minimum Gasteiger partial charge on any atom is -0.458 e. The highest BCUT2D eigenvalue weighted by atomic mass is 16.6. The number of hydrogen-bond acceptors (Lipinski definition) is 4. The Balaban J connectivity index is 1.60. The third kappa shape index (κ3) is 2.27. The number of allylic oxidation sites excluding steroid dienone is 4. The zero-order valence-corrected chi connectivity index (χ0v) is 17.4. The topological polar surface area (TPSA) is 52.6 Å². The van der Waals surface area contributed by atoms with Crippen LogP contribution in [-0.2, 0) is 19.1 Å². The van der Waals surface area contributed by atoms with Gasteiger partial charge in [0.1, 0.15) is 5.60 Å². The van der Waals surface area contributed by atoms with Crippen molar-refractivity contribution in [3.63, 3.8) is 0 Å². The lowest BCUT2D eigenvalue weighted by atomic mass is 9.48. The third-order valence-electron chi connectivity index (χ3n) is 9.22. The number of ether oxygens (including phenoxy) is 2. The van der Waals surface area contributed by atoms with Gasteiger partial charge in [-0.15, -0.1) is 0 Å². The van der Waals surface area contributed by atoms with Crippen LogP contribution in [0.1, 0.15) is 65.2 Å². The molecule has 2 saturated carbocycles. The molecule has 3 fully saturated rings. The summed E-state index contributed by atoms with van der Waals surface area (Å²) in [7, 11) is 1.79. The highest BCUT2D eigenvalue weighted by Gasteiger charge is 2.66. The van der Waals surface area contributed by atoms with Crippen molar-refractivity contribution in [2.75, 3.05) is 13.7 Å². The largest absolute Gasteiger partial charge is 0.458 e. The van der Waals surface area contributed by atoms with E-state index >= 15 is 0 Å². The number of esters is 1. The lowest BCUT2D eigenvalue weighted by Gasteiger charge is -2.57. The third-order valence-corrected chi connectivity index (χ3v) is 9.22. The van der Waals surface area contributed by atoms with Crippen LogP contribution in [0.5, 0.6) is 0 Å². The molecule has 3 unspecified atom stereocenters. The zero-order chi connectivity index (χ0) is 19.7. The van der Waals surface area contributed by atoms with Crippen molar-refractivity contribution in [2.45, 2.75) is 70.8 Å². The molecule has 4 nitrogen and oxygen atoms in total. The predicted octanol–water partition coefficient (Wildman–Crippen LogP) is 4.39. The molecule has 152 valence electrons. The first-order valence-electron chi connectivity index (χ1n) is 11.0. The number of carbonyl (C=O) groups excluding carboxylic acids is 2. The Kier molecular flexibility index (Phi) is 4.01. The molecule has 6 atom stereocenters. The van der Waals surface area contributed by atoms with Crippen LogP contribution >= 0.6 is 0 Å². The van der Waals surface area contributed by atoms with E-state index in [1.54, 1.807) is 12.7 Å². The Morgan fingerprint density at radius 1 is 1.18 bits per heavy atom. The molecule has 0 bridgehead atoms. The van der Waals surface area contributed by atoms with Gasteiger partial charge < -0.3 is 9.47 Å². The molecule has 5 rings (SSSR count). The first-order valence-corrected chi connectivity index (χ1v) is 11.0. The van der Waals surface area contributed by atoms with Crippen molar-refractivity contribution in [2.24, 2.45) is 28.6 Å². The molecule has 0 radical (unpaired) electrons. The lowest BCUT2D eigenvalue weighted by Crippen LogP contribution is -2.53. The summed E-state index contributed by atoms with van der Waals surface area (Å²) < 4.78 is 11.7. The van der Waals surface area contributed by atoms with Gasteiger partial charge in [0.15, 0.2) is 5.78 Å². The van der Waals surface area contributed by atoms with Crippen molar-refractivity contribution in [3.05, 3.63) is 23.3 Å². The quantitative estimate of drug-likeness (QED) is 0.523. The first kappa shape index (κ1) is 18.6. The van der Waals surface area contributed by atoms with Gasteiger partial charge in [-0.05, 0) is 62.4 Å². The molecule has 0 amide bonds. The molecule has 1 saturated heterocycles. The Bertz CT molecular complexity index is 794. The molecule has 1 spiro atoms. The van der Waals surface area contributed by atoms with E-state index in [1.807, 2.05) is 6.08 Å². The molecule has 0 N–H and O–H groups in total. The minimum atomic E-state index is -0.270. The maximum absolute atomic E-state index is 12.1. The van der Waals surface area contributed by atoms with Crippen LogP contribution < -0.4 is 0 Å². The van der Waals surface area contributed by atoms with Gasteiger partial charge in [0.2, 0.25) is 0 Å². The maximum atomic E-state index is 12.1. The van der Waals surface area contributed by atoms with E-state index in [0.717, 1.165) is 45.1 Å². The molecule has 1 heterocycles. The fourth-order valence-corrected chi connectivity index (χ4v) is 7.66. The summed E-state index contributed by atoms with van der Waals surface area (Å²) in [6.07, 6.45) is 11.5. The fraction of sp³-hybridized carbons (Fsp3) is 0.750. The Labute approximate surface area is 167 Å². The highest BCUT2D eigenvalue weighted by molar-refractivity contribution is 5.92. The van der Waals surface area contributed by atoms with E-state index in [1.165, 1.54) is 5.57 Å². The normalized spacial score (nSPS) is 47.2. The Hall–Kier alpha value is -1.42. The highest BCUT2D eigenvalue weighted by Crippen LogP contribution is 2.68. The number of rotatable bonds is 2. The number of methoxy groups -OCH3 is 1. The van der Waals surface area contributed by atoms with Crippen LogP contribution in [-0.4, -0.2) is 31.1 Å². The van der Waals surface area contributed by atoms with Crippen LogP contribution in [0.3, 0.4) is 0 Å². The van der Waals surface area contributed by atoms with Gasteiger partial charge in [-0.2, -0.15) is 0 Å². The van der Waals surface area contributed by atoms with Gasteiger partial charge in [0.05, 0.1) is 0 Å². The standard InChI is InChI=1S/C24H32O4/c1-22-8-4-17(25)13-16(22)12-15(14-27-3)21-18(22)5-9-23(2)19(21)6-10-24(23)11-7-20(26)28-24/h5,13,15,19,21H,4,6-12,14H2,1-3H3/t15-,19?,21?,22-,23-,24?/m0/s1. The van der Waals surface area contributed by atoms with Crippen LogP contribution in [0.4, 0.5) is 0 Å². The summed E-state index contributed by atoms with van der Waals surface area (Å²) in [5, 5.41) is 0.